The minimum atomic E-state index is 0. The molecule has 1 saturated heterocycles. The van der Waals surface area contributed by atoms with Gasteiger partial charge in [0.1, 0.15) is 5.69 Å². The topological polar surface area (TPSA) is 46.1 Å². The van der Waals surface area contributed by atoms with Crippen molar-refractivity contribution in [2.75, 3.05) is 19.6 Å². The molecule has 0 aromatic carbocycles. The van der Waals surface area contributed by atoms with E-state index in [0.29, 0.717) is 5.92 Å². The van der Waals surface area contributed by atoms with Crippen LogP contribution >= 0.6 is 28.3 Å². The minimum absolute atomic E-state index is 0. The van der Waals surface area contributed by atoms with Gasteiger partial charge < -0.3 is 15.2 Å². The molecule has 1 amide bonds. The summed E-state index contributed by atoms with van der Waals surface area (Å²) < 4.78 is 2.94. The van der Waals surface area contributed by atoms with Crippen molar-refractivity contribution in [2.45, 2.75) is 26.3 Å². The van der Waals surface area contributed by atoms with Crippen molar-refractivity contribution in [3.63, 3.8) is 0 Å². The number of nitrogens with one attached hydrogen (secondary N) is 2. The molecule has 1 atom stereocenters. The van der Waals surface area contributed by atoms with E-state index in [9.17, 15) is 4.79 Å². The molecule has 2 N–H and O–H groups in total. The minimum Gasteiger partial charge on any atom is -0.350 e. The van der Waals surface area contributed by atoms with Gasteiger partial charge in [-0.05, 0) is 61.3 Å². The van der Waals surface area contributed by atoms with Crippen LogP contribution in [-0.2, 0) is 0 Å². The quantitative estimate of drug-likeness (QED) is 0.877. The first-order valence-corrected chi connectivity index (χ1v) is 7.23. The number of carbonyl (C=O) groups is 1. The van der Waals surface area contributed by atoms with Crippen molar-refractivity contribution < 1.29 is 4.79 Å². The first kappa shape index (κ1) is 16.5. The van der Waals surface area contributed by atoms with Crippen molar-refractivity contribution in [3.05, 3.63) is 22.4 Å². The van der Waals surface area contributed by atoms with Crippen LogP contribution in [-0.4, -0.2) is 30.1 Å². The molecule has 1 fully saturated rings. The van der Waals surface area contributed by atoms with Crippen molar-refractivity contribution in [2.24, 2.45) is 5.92 Å². The Hall–Kier alpha value is -0.520. The molecular weight excluding hydrogens is 330 g/mol. The van der Waals surface area contributed by atoms with E-state index in [1.54, 1.807) is 0 Å². The summed E-state index contributed by atoms with van der Waals surface area (Å²) in [5.74, 6) is 0.584. The molecule has 1 unspecified atom stereocenters. The number of hydrogen-bond acceptors (Lipinski definition) is 2. The lowest BCUT2D eigenvalue weighted by molar-refractivity contribution is 0.0937. The lowest BCUT2D eigenvalue weighted by Gasteiger charge is -2.14. The molecule has 6 heteroatoms. The molecule has 0 radical (unpaired) electrons. The Labute approximate surface area is 128 Å². The molecule has 0 saturated carbocycles. The Morgan fingerprint density at radius 1 is 1.63 bits per heavy atom. The summed E-state index contributed by atoms with van der Waals surface area (Å²) >= 11 is 3.43. The number of rotatable bonds is 4. The number of carbonyl (C=O) groups excluding carboxylic acids is 1. The summed E-state index contributed by atoms with van der Waals surface area (Å²) in [6, 6.07) is 2.16. The van der Waals surface area contributed by atoms with Crippen LogP contribution in [0.15, 0.2) is 16.7 Å². The fourth-order valence-electron chi connectivity index (χ4n) is 2.27. The monoisotopic (exact) mass is 349 g/mol. The molecule has 4 nitrogen and oxygen atoms in total. The highest BCUT2D eigenvalue weighted by atomic mass is 79.9. The van der Waals surface area contributed by atoms with Crippen LogP contribution in [0, 0.1) is 5.92 Å². The molecule has 1 aliphatic heterocycles. The first-order chi connectivity index (χ1) is 8.58. The third-order valence-corrected chi connectivity index (χ3v) is 3.75. The lowest BCUT2D eigenvalue weighted by atomic mass is 10.1. The molecule has 108 valence electrons. The smallest absolute Gasteiger partial charge is 0.267 e. The highest BCUT2D eigenvalue weighted by Crippen LogP contribution is 2.19. The van der Waals surface area contributed by atoms with Gasteiger partial charge in [0.2, 0.25) is 0 Å². The van der Waals surface area contributed by atoms with Gasteiger partial charge >= 0.3 is 0 Å². The summed E-state index contributed by atoms with van der Waals surface area (Å²) in [6.45, 7) is 6.98. The van der Waals surface area contributed by atoms with Crippen LogP contribution in [0.4, 0.5) is 0 Å². The van der Waals surface area contributed by atoms with E-state index in [4.69, 9.17) is 0 Å². The lowest BCUT2D eigenvalue weighted by Crippen LogP contribution is -2.31. The van der Waals surface area contributed by atoms with Crippen LogP contribution in [0.25, 0.3) is 0 Å². The fraction of sp³-hybridized carbons (Fsp3) is 0.615. The summed E-state index contributed by atoms with van der Waals surface area (Å²) in [6.07, 6.45) is 3.10. The van der Waals surface area contributed by atoms with Gasteiger partial charge in [-0.3, -0.25) is 4.79 Å². The Kier molecular flexibility index (Phi) is 6.36. The second-order valence-electron chi connectivity index (χ2n) is 5.11. The van der Waals surface area contributed by atoms with E-state index < -0.39 is 0 Å². The molecule has 0 aliphatic carbocycles. The second-order valence-corrected chi connectivity index (χ2v) is 6.03. The highest BCUT2D eigenvalue weighted by molar-refractivity contribution is 9.10. The normalized spacial score (nSPS) is 18.4. The average molecular weight is 351 g/mol. The van der Waals surface area contributed by atoms with Gasteiger partial charge in [0, 0.05) is 23.3 Å². The summed E-state index contributed by atoms with van der Waals surface area (Å²) in [5, 5.41) is 6.33. The van der Waals surface area contributed by atoms with E-state index in [1.165, 1.54) is 0 Å². The number of halogens is 2. The first-order valence-electron chi connectivity index (χ1n) is 6.44. The standard InChI is InChI=1S/C13H20BrN3O.ClH/c1-9(2)17-8-11(14)5-12(17)13(18)16-7-10-3-4-15-6-10;/h5,8-10,15H,3-4,6-7H2,1-2H3,(H,16,18);1H. The maximum absolute atomic E-state index is 12.2. The van der Waals surface area contributed by atoms with Crippen molar-refractivity contribution in [3.8, 4) is 0 Å². The van der Waals surface area contributed by atoms with Crippen LogP contribution < -0.4 is 10.6 Å². The van der Waals surface area contributed by atoms with E-state index in [-0.39, 0.29) is 24.4 Å². The molecule has 0 spiro atoms. The van der Waals surface area contributed by atoms with Crippen molar-refractivity contribution in [1.29, 1.82) is 0 Å². The third kappa shape index (κ3) is 4.23. The van der Waals surface area contributed by atoms with Gasteiger partial charge in [-0.2, -0.15) is 0 Å². The van der Waals surface area contributed by atoms with Gasteiger partial charge in [-0.15, -0.1) is 12.4 Å². The highest BCUT2D eigenvalue weighted by Gasteiger charge is 2.18. The number of amides is 1. The van der Waals surface area contributed by atoms with Crippen LogP contribution in [0.3, 0.4) is 0 Å². The summed E-state index contributed by atoms with van der Waals surface area (Å²) in [7, 11) is 0. The number of aromatic nitrogens is 1. The zero-order valence-corrected chi connectivity index (χ0v) is 13.7. The molecule has 0 bridgehead atoms. The molecular formula is C13H21BrClN3O. The fourth-order valence-corrected chi connectivity index (χ4v) is 2.71. The average Bonchev–Trinajstić information content (AvgIpc) is 2.94. The molecule has 19 heavy (non-hydrogen) atoms. The van der Waals surface area contributed by atoms with Crippen LogP contribution in [0.5, 0.6) is 0 Å². The van der Waals surface area contributed by atoms with Gasteiger partial charge in [-0.1, -0.05) is 0 Å². The van der Waals surface area contributed by atoms with Crippen molar-refractivity contribution >= 4 is 34.2 Å². The molecule has 1 aliphatic rings. The van der Waals surface area contributed by atoms with Crippen molar-refractivity contribution in [1.82, 2.24) is 15.2 Å². The summed E-state index contributed by atoms with van der Waals surface area (Å²) in [5.41, 5.74) is 0.725. The van der Waals surface area contributed by atoms with Gasteiger partial charge in [-0.25, -0.2) is 0 Å². The van der Waals surface area contributed by atoms with E-state index in [2.05, 4.69) is 40.4 Å². The van der Waals surface area contributed by atoms with Crippen LogP contribution in [0.2, 0.25) is 0 Å². The largest absolute Gasteiger partial charge is 0.350 e. The molecule has 1 aromatic rings. The summed E-state index contributed by atoms with van der Waals surface area (Å²) in [4.78, 5) is 12.2. The van der Waals surface area contributed by atoms with E-state index in [0.717, 1.165) is 36.2 Å². The predicted octanol–water partition coefficient (Wildman–Crippen LogP) is 2.59. The third-order valence-electron chi connectivity index (χ3n) is 3.32. The van der Waals surface area contributed by atoms with Gasteiger partial charge in [0.25, 0.3) is 5.91 Å². The molecule has 2 rings (SSSR count). The van der Waals surface area contributed by atoms with Gasteiger partial charge in [0.05, 0.1) is 0 Å². The Balaban J connectivity index is 0.00000180. The number of nitrogens with zero attached hydrogens (tertiary/aromatic N) is 1. The van der Waals surface area contributed by atoms with E-state index >= 15 is 0 Å². The molecule has 1 aromatic heterocycles. The second kappa shape index (κ2) is 7.31. The SMILES string of the molecule is CC(C)n1cc(Br)cc1C(=O)NCC1CCNC1.Cl. The Bertz CT molecular complexity index is 428. The van der Waals surface area contributed by atoms with Crippen LogP contribution in [0.1, 0.15) is 36.8 Å². The maximum atomic E-state index is 12.2. The Morgan fingerprint density at radius 3 is 2.95 bits per heavy atom. The number of hydrogen-bond donors (Lipinski definition) is 2. The predicted molar refractivity (Wildman–Crippen MR) is 83.1 cm³/mol. The van der Waals surface area contributed by atoms with Gasteiger partial charge in [0.15, 0.2) is 0 Å². The van der Waals surface area contributed by atoms with E-state index in [1.807, 2.05) is 16.8 Å². The zero-order chi connectivity index (χ0) is 13.1. The maximum Gasteiger partial charge on any atom is 0.267 e. The Morgan fingerprint density at radius 2 is 2.37 bits per heavy atom. The molecule has 2 heterocycles. The zero-order valence-electron chi connectivity index (χ0n) is 11.3.